The highest BCUT2D eigenvalue weighted by Gasteiger charge is 2.23. The number of benzene rings is 2. The molecule has 118 valence electrons. The lowest BCUT2D eigenvalue weighted by Crippen LogP contribution is -2.21. The molecule has 3 N–H and O–H groups in total. The van der Waals surface area contributed by atoms with Gasteiger partial charge in [0.1, 0.15) is 24.2 Å². The van der Waals surface area contributed by atoms with Crippen molar-refractivity contribution in [1.29, 1.82) is 0 Å². The highest BCUT2D eigenvalue weighted by Crippen LogP contribution is 2.33. The van der Waals surface area contributed by atoms with Crippen molar-refractivity contribution in [3.63, 3.8) is 0 Å². The lowest BCUT2D eigenvalue weighted by Gasteiger charge is -2.26. The van der Waals surface area contributed by atoms with Crippen molar-refractivity contribution in [3.8, 4) is 11.5 Å². The van der Waals surface area contributed by atoms with Crippen molar-refractivity contribution >= 4 is 0 Å². The van der Waals surface area contributed by atoms with E-state index in [2.05, 4.69) is 13.8 Å². The molecule has 0 saturated carbocycles. The molecule has 0 fully saturated rings. The van der Waals surface area contributed by atoms with Crippen molar-refractivity contribution in [1.82, 2.24) is 0 Å². The molecule has 0 bridgehead atoms. The number of hydrogen-bond donors (Lipinski definition) is 3. The fourth-order valence-electron chi connectivity index (χ4n) is 2.26. The van der Waals surface area contributed by atoms with Crippen LogP contribution in [0.5, 0.6) is 11.5 Å². The van der Waals surface area contributed by atoms with Crippen LogP contribution in [-0.4, -0.2) is 34.6 Å². The number of rotatable bonds is 6. The molecule has 0 amide bonds. The first-order valence-corrected chi connectivity index (χ1v) is 7.25. The average Bonchev–Trinajstić information content (AvgIpc) is 2.53. The Kier molecular flexibility index (Phi) is 5.06. The second-order valence-corrected chi connectivity index (χ2v) is 5.84. The van der Waals surface area contributed by atoms with E-state index in [0.29, 0.717) is 5.75 Å². The number of phenols is 1. The van der Waals surface area contributed by atoms with Crippen LogP contribution in [0, 0.1) is 0 Å². The maximum Gasteiger partial charge on any atom is 0.119 e. The highest BCUT2D eigenvalue weighted by atomic mass is 16.5. The van der Waals surface area contributed by atoms with Gasteiger partial charge in [-0.15, -0.1) is 0 Å². The smallest absolute Gasteiger partial charge is 0.119 e. The molecule has 1 atom stereocenters. The van der Waals surface area contributed by atoms with Crippen LogP contribution in [-0.2, 0) is 5.41 Å². The predicted molar refractivity (Wildman–Crippen MR) is 85.3 cm³/mol. The van der Waals surface area contributed by atoms with Gasteiger partial charge in [0.25, 0.3) is 0 Å². The minimum absolute atomic E-state index is 0.0667. The summed E-state index contributed by atoms with van der Waals surface area (Å²) in [5.41, 5.74) is 2.03. The minimum atomic E-state index is -0.867. The maximum atomic E-state index is 9.40. The SMILES string of the molecule is CC(C)(c1ccc(O)cc1)c1ccc(OC[C@H](O)CO)cc1. The molecule has 0 aliphatic carbocycles. The maximum absolute atomic E-state index is 9.40. The van der Waals surface area contributed by atoms with E-state index in [1.807, 2.05) is 36.4 Å². The van der Waals surface area contributed by atoms with Gasteiger partial charge in [-0.2, -0.15) is 0 Å². The Hall–Kier alpha value is -2.04. The van der Waals surface area contributed by atoms with Crippen LogP contribution in [0.1, 0.15) is 25.0 Å². The summed E-state index contributed by atoms with van der Waals surface area (Å²) in [4.78, 5) is 0. The second-order valence-electron chi connectivity index (χ2n) is 5.84. The molecule has 0 spiro atoms. The summed E-state index contributed by atoms with van der Waals surface area (Å²) in [5, 5.41) is 27.4. The topological polar surface area (TPSA) is 69.9 Å². The molecule has 22 heavy (non-hydrogen) atoms. The van der Waals surface area contributed by atoms with Gasteiger partial charge in [-0.3, -0.25) is 0 Å². The Labute approximate surface area is 130 Å². The van der Waals surface area contributed by atoms with Crippen LogP contribution < -0.4 is 4.74 Å². The predicted octanol–water partition coefficient (Wildman–Crippen LogP) is 2.45. The van der Waals surface area contributed by atoms with Crippen LogP contribution in [0.3, 0.4) is 0 Å². The molecule has 0 heterocycles. The van der Waals surface area contributed by atoms with E-state index < -0.39 is 6.10 Å². The molecule has 4 heteroatoms. The van der Waals surface area contributed by atoms with E-state index in [1.54, 1.807) is 12.1 Å². The van der Waals surface area contributed by atoms with Gasteiger partial charge in [0, 0.05) is 5.41 Å². The number of ether oxygens (including phenoxy) is 1. The summed E-state index contributed by atoms with van der Waals surface area (Å²) in [6, 6.07) is 14.9. The van der Waals surface area contributed by atoms with Crippen LogP contribution >= 0.6 is 0 Å². The third-order valence-corrected chi connectivity index (χ3v) is 3.82. The number of hydrogen-bond acceptors (Lipinski definition) is 4. The van der Waals surface area contributed by atoms with Gasteiger partial charge in [0.2, 0.25) is 0 Å². The molecular weight excluding hydrogens is 280 g/mol. The molecule has 2 aromatic carbocycles. The Bertz CT molecular complexity index is 587. The fraction of sp³-hybridized carbons (Fsp3) is 0.333. The molecule has 0 aliphatic rings. The summed E-state index contributed by atoms with van der Waals surface area (Å²) < 4.78 is 5.40. The van der Waals surface area contributed by atoms with E-state index in [0.717, 1.165) is 11.1 Å². The normalized spacial score (nSPS) is 12.9. The lowest BCUT2D eigenvalue weighted by atomic mass is 9.78. The van der Waals surface area contributed by atoms with Crippen molar-refractivity contribution in [2.24, 2.45) is 0 Å². The molecule has 0 saturated heterocycles. The van der Waals surface area contributed by atoms with Gasteiger partial charge in [-0.25, -0.2) is 0 Å². The van der Waals surface area contributed by atoms with Gasteiger partial charge in [-0.05, 0) is 35.4 Å². The number of aliphatic hydroxyl groups is 2. The summed E-state index contributed by atoms with van der Waals surface area (Å²) in [6.07, 6.45) is -0.867. The zero-order chi connectivity index (χ0) is 16.2. The second kappa shape index (κ2) is 6.81. The lowest BCUT2D eigenvalue weighted by molar-refractivity contribution is 0.0536. The van der Waals surface area contributed by atoms with Crippen molar-refractivity contribution in [2.45, 2.75) is 25.4 Å². The van der Waals surface area contributed by atoms with E-state index in [1.165, 1.54) is 0 Å². The Morgan fingerprint density at radius 3 is 1.95 bits per heavy atom. The van der Waals surface area contributed by atoms with Crippen molar-refractivity contribution < 1.29 is 20.1 Å². The molecule has 0 aliphatic heterocycles. The number of aromatic hydroxyl groups is 1. The Balaban J connectivity index is 2.13. The number of phenolic OH excluding ortho intramolecular Hbond substituents is 1. The Morgan fingerprint density at radius 1 is 0.955 bits per heavy atom. The Morgan fingerprint density at radius 2 is 1.45 bits per heavy atom. The van der Waals surface area contributed by atoms with Gasteiger partial charge < -0.3 is 20.1 Å². The van der Waals surface area contributed by atoms with Gasteiger partial charge in [0.05, 0.1) is 6.61 Å². The molecule has 0 radical (unpaired) electrons. The average molecular weight is 302 g/mol. The van der Waals surface area contributed by atoms with E-state index >= 15 is 0 Å². The fourth-order valence-corrected chi connectivity index (χ4v) is 2.26. The molecule has 0 unspecified atom stereocenters. The van der Waals surface area contributed by atoms with Gasteiger partial charge in [-0.1, -0.05) is 38.1 Å². The van der Waals surface area contributed by atoms with E-state index in [-0.39, 0.29) is 24.4 Å². The third-order valence-electron chi connectivity index (χ3n) is 3.82. The summed E-state index contributed by atoms with van der Waals surface area (Å²) in [5.74, 6) is 0.906. The largest absolute Gasteiger partial charge is 0.508 e. The monoisotopic (exact) mass is 302 g/mol. The summed E-state index contributed by atoms with van der Waals surface area (Å²) >= 11 is 0. The minimum Gasteiger partial charge on any atom is -0.508 e. The molecule has 0 aromatic heterocycles. The van der Waals surface area contributed by atoms with Crippen LogP contribution in [0.15, 0.2) is 48.5 Å². The zero-order valence-electron chi connectivity index (χ0n) is 12.9. The first-order chi connectivity index (χ1) is 10.4. The summed E-state index contributed by atoms with van der Waals surface area (Å²) in [6.45, 7) is 3.98. The number of aliphatic hydroxyl groups excluding tert-OH is 2. The van der Waals surface area contributed by atoms with E-state index in [4.69, 9.17) is 9.84 Å². The first kappa shape index (κ1) is 16.3. The van der Waals surface area contributed by atoms with Crippen molar-refractivity contribution in [3.05, 3.63) is 59.7 Å². The van der Waals surface area contributed by atoms with Crippen molar-refractivity contribution in [2.75, 3.05) is 13.2 Å². The zero-order valence-corrected chi connectivity index (χ0v) is 12.9. The first-order valence-electron chi connectivity index (χ1n) is 7.25. The molecular formula is C18H22O4. The summed E-state index contributed by atoms with van der Waals surface area (Å²) in [7, 11) is 0. The van der Waals surface area contributed by atoms with E-state index in [9.17, 15) is 10.2 Å². The van der Waals surface area contributed by atoms with Crippen LogP contribution in [0.2, 0.25) is 0 Å². The molecule has 4 nitrogen and oxygen atoms in total. The van der Waals surface area contributed by atoms with Crippen LogP contribution in [0.4, 0.5) is 0 Å². The third kappa shape index (κ3) is 3.78. The molecule has 2 rings (SSSR count). The van der Waals surface area contributed by atoms with Crippen LogP contribution in [0.25, 0.3) is 0 Å². The van der Waals surface area contributed by atoms with Gasteiger partial charge in [0.15, 0.2) is 0 Å². The molecule has 2 aromatic rings. The highest BCUT2D eigenvalue weighted by molar-refractivity contribution is 5.41. The standard InChI is InChI=1S/C18H22O4/c1-18(2,13-3-7-15(20)8-4-13)14-5-9-17(10-6-14)22-12-16(21)11-19/h3-10,16,19-21H,11-12H2,1-2H3/t16-/m1/s1. The quantitative estimate of drug-likeness (QED) is 0.766. The van der Waals surface area contributed by atoms with Gasteiger partial charge >= 0.3 is 0 Å².